The standard InChI is InChI=1S/C15H18F3NO3/c1-3-11(13(20)19-9(2)14(21)22)8-10-4-6-12(7-5-10)15(16,17)18/h4-7,9,11H,3,8H2,1-2H3,(H,19,20)(H,21,22). The van der Waals surface area contributed by atoms with Gasteiger partial charge in [0.2, 0.25) is 5.91 Å². The zero-order chi connectivity index (χ0) is 16.9. The molecular weight excluding hydrogens is 299 g/mol. The number of carbonyl (C=O) groups excluding carboxylic acids is 1. The molecule has 7 heteroatoms. The zero-order valence-corrected chi connectivity index (χ0v) is 12.3. The lowest BCUT2D eigenvalue weighted by Crippen LogP contribution is -2.42. The Morgan fingerprint density at radius 2 is 1.77 bits per heavy atom. The summed E-state index contributed by atoms with van der Waals surface area (Å²) in [4.78, 5) is 22.7. The van der Waals surface area contributed by atoms with E-state index in [-0.39, 0.29) is 6.42 Å². The molecule has 1 amide bonds. The van der Waals surface area contributed by atoms with Crippen LogP contribution in [-0.4, -0.2) is 23.0 Å². The fourth-order valence-corrected chi connectivity index (χ4v) is 1.93. The normalized spacial score (nSPS) is 14.2. The highest BCUT2D eigenvalue weighted by Crippen LogP contribution is 2.29. The van der Waals surface area contributed by atoms with Crippen LogP contribution in [-0.2, 0) is 22.2 Å². The molecule has 0 bridgehead atoms. The largest absolute Gasteiger partial charge is 0.480 e. The summed E-state index contributed by atoms with van der Waals surface area (Å²) in [5.74, 6) is -2.05. The van der Waals surface area contributed by atoms with Gasteiger partial charge in [-0.3, -0.25) is 9.59 Å². The summed E-state index contributed by atoms with van der Waals surface area (Å²) in [6.07, 6.45) is -3.68. The van der Waals surface area contributed by atoms with E-state index >= 15 is 0 Å². The van der Waals surface area contributed by atoms with Gasteiger partial charge in [0.25, 0.3) is 0 Å². The predicted molar refractivity (Wildman–Crippen MR) is 74.2 cm³/mol. The van der Waals surface area contributed by atoms with Gasteiger partial charge in [0.05, 0.1) is 5.56 Å². The van der Waals surface area contributed by atoms with Gasteiger partial charge in [-0.05, 0) is 37.5 Å². The van der Waals surface area contributed by atoms with Crippen molar-refractivity contribution in [2.75, 3.05) is 0 Å². The summed E-state index contributed by atoms with van der Waals surface area (Å²) in [5.41, 5.74) is -0.147. The van der Waals surface area contributed by atoms with Crippen molar-refractivity contribution < 1.29 is 27.9 Å². The molecule has 0 saturated heterocycles. The second-order valence-electron chi connectivity index (χ2n) is 5.07. The molecule has 0 fully saturated rings. The molecule has 0 spiro atoms. The lowest BCUT2D eigenvalue weighted by atomic mass is 9.95. The number of aliphatic carboxylic acids is 1. The van der Waals surface area contributed by atoms with Crippen LogP contribution in [0.1, 0.15) is 31.4 Å². The number of halogens is 3. The molecule has 0 aliphatic rings. The number of amides is 1. The molecule has 0 aliphatic heterocycles. The molecule has 0 aliphatic carbocycles. The van der Waals surface area contributed by atoms with Gasteiger partial charge in [-0.2, -0.15) is 13.2 Å². The number of carboxylic acids is 1. The van der Waals surface area contributed by atoms with Crippen LogP contribution in [0.3, 0.4) is 0 Å². The molecule has 22 heavy (non-hydrogen) atoms. The van der Waals surface area contributed by atoms with Gasteiger partial charge in [0, 0.05) is 5.92 Å². The highest BCUT2D eigenvalue weighted by atomic mass is 19.4. The van der Waals surface area contributed by atoms with Gasteiger partial charge < -0.3 is 10.4 Å². The molecule has 0 aromatic heterocycles. The summed E-state index contributed by atoms with van der Waals surface area (Å²) in [7, 11) is 0. The molecule has 1 rings (SSSR count). The van der Waals surface area contributed by atoms with E-state index < -0.39 is 35.6 Å². The number of benzene rings is 1. The Hall–Kier alpha value is -2.05. The average Bonchev–Trinajstić information content (AvgIpc) is 2.43. The number of carboxylic acid groups (broad SMARTS) is 1. The molecule has 2 unspecified atom stereocenters. The minimum Gasteiger partial charge on any atom is -0.480 e. The highest BCUT2D eigenvalue weighted by Gasteiger charge is 2.30. The van der Waals surface area contributed by atoms with Gasteiger partial charge in [-0.1, -0.05) is 19.1 Å². The first-order chi connectivity index (χ1) is 10.1. The molecule has 2 atom stereocenters. The van der Waals surface area contributed by atoms with Crippen LogP contribution in [0.25, 0.3) is 0 Å². The maximum atomic E-state index is 12.5. The van der Waals surface area contributed by atoms with Crippen LogP contribution < -0.4 is 5.32 Å². The lowest BCUT2D eigenvalue weighted by Gasteiger charge is -2.17. The van der Waals surface area contributed by atoms with Crippen molar-refractivity contribution >= 4 is 11.9 Å². The van der Waals surface area contributed by atoms with E-state index in [1.165, 1.54) is 19.1 Å². The smallest absolute Gasteiger partial charge is 0.416 e. The number of hydrogen-bond donors (Lipinski definition) is 2. The summed E-state index contributed by atoms with van der Waals surface area (Å²) in [5, 5.41) is 11.1. The van der Waals surface area contributed by atoms with E-state index in [2.05, 4.69) is 5.32 Å². The number of nitrogens with one attached hydrogen (secondary N) is 1. The highest BCUT2D eigenvalue weighted by molar-refractivity contribution is 5.84. The minimum atomic E-state index is -4.39. The molecule has 0 saturated carbocycles. The molecule has 1 aromatic rings. The number of rotatable bonds is 6. The fraction of sp³-hybridized carbons (Fsp3) is 0.467. The Morgan fingerprint density at radius 3 is 2.18 bits per heavy atom. The maximum Gasteiger partial charge on any atom is 0.416 e. The Labute approximate surface area is 126 Å². The first-order valence-electron chi connectivity index (χ1n) is 6.84. The second-order valence-corrected chi connectivity index (χ2v) is 5.07. The fourth-order valence-electron chi connectivity index (χ4n) is 1.93. The summed E-state index contributed by atoms with van der Waals surface area (Å²) >= 11 is 0. The van der Waals surface area contributed by atoms with Crippen LogP contribution in [0, 0.1) is 5.92 Å². The Balaban J connectivity index is 2.74. The van der Waals surface area contributed by atoms with Crippen molar-refractivity contribution in [3.8, 4) is 0 Å². The minimum absolute atomic E-state index is 0.257. The average molecular weight is 317 g/mol. The number of hydrogen-bond acceptors (Lipinski definition) is 2. The second kappa shape index (κ2) is 7.29. The topological polar surface area (TPSA) is 66.4 Å². The third kappa shape index (κ3) is 5.05. The summed E-state index contributed by atoms with van der Waals surface area (Å²) in [6.45, 7) is 3.12. The van der Waals surface area contributed by atoms with Crippen LogP contribution in [0.15, 0.2) is 24.3 Å². The number of carbonyl (C=O) groups is 2. The van der Waals surface area contributed by atoms with Gasteiger partial charge >= 0.3 is 12.1 Å². The Kier molecular flexibility index (Phi) is 5.96. The van der Waals surface area contributed by atoms with Gasteiger partial charge in [0.15, 0.2) is 0 Å². The van der Waals surface area contributed by atoms with E-state index in [1.807, 2.05) is 0 Å². The third-order valence-electron chi connectivity index (χ3n) is 3.36. The molecule has 0 radical (unpaired) electrons. The quantitative estimate of drug-likeness (QED) is 0.848. The Morgan fingerprint density at radius 1 is 1.23 bits per heavy atom. The first kappa shape index (κ1) is 18.0. The SMILES string of the molecule is CCC(Cc1ccc(C(F)(F)F)cc1)C(=O)NC(C)C(=O)O. The van der Waals surface area contributed by atoms with Crippen molar-refractivity contribution in [2.24, 2.45) is 5.92 Å². The third-order valence-corrected chi connectivity index (χ3v) is 3.36. The molecule has 1 aromatic carbocycles. The number of alkyl halides is 3. The van der Waals surface area contributed by atoms with Gasteiger partial charge in [-0.15, -0.1) is 0 Å². The van der Waals surface area contributed by atoms with Crippen LogP contribution in [0.2, 0.25) is 0 Å². The predicted octanol–water partition coefficient (Wildman–Crippen LogP) is 2.86. The lowest BCUT2D eigenvalue weighted by molar-refractivity contribution is -0.142. The Bertz CT molecular complexity index is 526. The van der Waals surface area contributed by atoms with Crippen molar-refractivity contribution in [3.63, 3.8) is 0 Å². The van der Waals surface area contributed by atoms with E-state index in [0.717, 1.165) is 12.1 Å². The molecule has 4 nitrogen and oxygen atoms in total. The van der Waals surface area contributed by atoms with Crippen LogP contribution in [0.5, 0.6) is 0 Å². The summed E-state index contributed by atoms with van der Waals surface area (Å²) in [6, 6.07) is 3.60. The van der Waals surface area contributed by atoms with Crippen molar-refractivity contribution in [3.05, 3.63) is 35.4 Å². The summed E-state index contributed by atoms with van der Waals surface area (Å²) < 4.78 is 37.4. The van der Waals surface area contributed by atoms with Crippen LogP contribution in [0.4, 0.5) is 13.2 Å². The van der Waals surface area contributed by atoms with E-state index in [0.29, 0.717) is 12.0 Å². The first-order valence-corrected chi connectivity index (χ1v) is 6.84. The van der Waals surface area contributed by atoms with E-state index in [9.17, 15) is 22.8 Å². The zero-order valence-electron chi connectivity index (χ0n) is 12.3. The van der Waals surface area contributed by atoms with Crippen molar-refractivity contribution in [1.82, 2.24) is 5.32 Å². The molecule has 122 valence electrons. The molecular formula is C15H18F3NO3. The van der Waals surface area contributed by atoms with Crippen LogP contribution >= 0.6 is 0 Å². The molecule has 0 heterocycles. The maximum absolute atomic E-state index is 12.5. The van der Waals surface area contributed by atoms with E-state index in [4.69, 9.17) is 5.11 Å². The van der Waals surface area contributed by atoms with Crippen molar-refractivity contribution in [2.45, 2.75) is 38.9 Å². The van der Waals surface area contributed by atoms with Crippen molar-refractivity contribution in [1.29, 1.82) is 0 Å². The monoisotopic (exact) mass is 317 g/mol. The van der Waals surface area contributed by atoms with Gasteiger partial charge in [-0.25, -0.2) is 0 Å². The van der Waals surface area contributed by atoms with Gasteiger partial charge in [0.1, 0.15) is 6.04 Å². The molecule has 2 N–H and O–H groups in total. The van der Waals surface area contributed by atoms with E-state index in [1.54, 1.807) is 6.92 Å².